The van der Waals surface area contributed by atoms with Crippen LogP contribution in [-0.4, -0.2) is 35.9 Å². The van der Waals surface area contributed by atoms with Gasteiger partial charge in [0, 0.05) is 47.0 Å². The minimum absolute atomic E-state index is 0.0354. The Bertz CT molecular complexity index is 1150. The van der Waals surface area contributed by atoms with Crippen molar-refractivity contribution in [3.05, 3.63) is 63.7 Å². The number of aliphatic imine (C=N–C) groups is 1. The Labute approximate surface area is 205 Å². The van der Waals surface area contributed by atoms with Gasteiger partial charge < -0.3 is 21.4 Å². The van der Waals surface area contributed by atoms with Crippen LogP contribution in [0.25, 0.3) is 6.08 Å². The third-order valence-corrected chi connectivity index (χ3v) is 6.11. The topological polar surface area (TPSA) is 107 Å². The van der Waals surface area contributed by atoms with Crippen molar-refractivity contribution in [1.29, 1.82) is 0 Å². The lowest BCUT2D eigenvalue weighted by atomic mass is 10.0. The molecule has 2 aliphatic rings. The zero-order valence-electron chi connectivity index (χ0n) is 19.5. The molecule has 9 heteroatoms. The average Bonchev–Trinajstić information content (AvgIpc) is 3.02. The van der Waals surface area contributed by atoms with Crippen LogP contribution in [0.15, 0.2) is 57.3 Å². The Balaban J connectivity index is 1.65. The molecule has 1 amide bonds. The molecule has 2 aromatic rings. The first-order chi connectivity index (χ1) is 16.5. The number of anilines is 2. The Kier molecular flexibility index (Phi) is 7.47. The summed E-state index contributed by atoms with van der Waals surface area (Å²) >= 11 is 6.11. The van der Waals surface area contributed by atoms with Gasteiger partial charge in [0.05, 0.1) is 6.54 Å². The van der Waals surface area contributed by atoms with Crippen molar-refractivity contribution >= 4 is 40.8 Å². The molecule has 0 spiro atoms. The number of fused-ring (bicyclic) bond motifs is 2. The lowest BCUT2D eigenvalue weighted by molar-refractivity contribution is -0.127. The van der Waals surface area contributed by atoms with Gasteiger partial charge in [-0.15, -0.1) is 5.11 Å². The highest BCUT2D eigenvalue weighted by molar-refractivity contribution is 6.30. The smallest absolute Gasteiger partial charge is 0.249 e. The molecule has 0 fully saturated rings. The van der Waals surface area contributed by atoms with Crippen LogP contribution >= 0.6 is 11.6 Å². The molecule has 0 saturated carbocycles. The molecule has 4 rings (SSSR count). The van der Waals surface area contributed by atoms with E-state index in [1.54, 1.807) is 0 Å². The zero-order valence-corrected chi connectivity index (χ0v) is 20.3. The maximum absolute atomic E-state index is 13.3. The Morgan fingerprint density at radius 2 is 1.97 bits per heavy atom. The van der Waals surface area contributed by atoms with Crippen molar-refractivity contribution in [3.63, 3.8) is 0 Å². The quantitative estimate of drug-likeness (QED) is 0.287. The number of rotatable bonds is 7. The third kappa shape index (κ3) is 5.22. The molecule has 8 nitrogen and oxygen atoms in total. The molecule has 0 bridgehead atoms. The van der Waals surface area contributed by atoms with E-state index in [0.717, 1.165) is 59.8 Å². The first-order valence-corrected chi connectivity index (χ1v) is 12.0. The molecule has 0 radical (unpaired) electrons. The molecule has 178 valence electrons. The highest BCUT2D eigenvalue weighted by atomic mass is 35.5. The maximum Gasteiger partial charge on any atom is 0.249 e. The fraction of sp³-hybridized carbons (Fsp3) is 0.360. The Morgan fingerprint density at radius 3 is 2.71 bits per heavy atom. The first-order valence-electron chi connectivity index (χ1n) is 11.6. The van der Waals surface area contributed by atoms with E-state index in [2.05, 4.69) is 34.8 Å². The molecule has 1 unspecified atom stereocenters. The Hall–Kier alpha value is -3.39. The van der Waals surface area contributed by atoms with Crippen molar-refractivity contribution in [2.75, 3.05) is 23.7 Å². The van der Waals surface area contributed by atoms with Gasteiger partial charge in [-0.3, -0.25) is 9.79 Å². The van der Waals surface area contributed by atoms with Gasteiger partial charge in [-0.1, -0.05) is 42.8 Å². The molecule has 0 aromatic heterocycles. The Morgan fingerprint density at radius 1 is 1.18 bits per heavy atom. The minimum atomic E-state index is -0.439. The molecule has 1 atom stereocenters. The standard InChI is InChI=1S/C25H30ClN7O/c1-3-9-33(10-4-2)25(34)18-11-16-5-6-17(13-22(16)29-23(14-18)31-32-27)24-28-15-19-12-20(26)7-8-21(19)30-24/h5-8,11-13,23,29H,3-4,9-10,14-15H2,1-2H3,(H2,27,31)(H,28,30). The fourth-order valence-corrected chi connectivity index (χ4v) is 4.50. The van der Waals surface area contributed by atoms with E-state index in [4.69, 9.17) is 22.4 Å². The fourth-order valence-electron chi connectivity index (χ4n) is 4.31. The molecular formula is C25H30ClN7O. The van der Waals surface area contributed by atoms with Gasteiger partial charge in [-0.2, -0.15) is 0 Å². The summed E-state index contributed by atoms with van der Waals surface area (Å²) in [5, 5.41) is 15.1. The van der Waals surface area contributed by atoms with E-state index < -0.39 is 6.17 Å². The number of halogens is 1. The largest absolute Gasteiger partial charge is 0.361 e. The van der Waals surface area contributed by atoms with Gasteiger partial charge in [-0.05, 0) is 54.3 Å². The van der Waals surface area contributed by atoms with E-state index in [1.165, 1.54) is 0 Å². The third-order valence-electron chi connectivity index (χ3n) is 5.87. The van der Waals surface area contributed by atoms with E-state index in [-0.39, 0.29) is 5.91 Å². The second-order valence-electron chi connectivity index (χ2n) is 8.45. The summed E-state index contributed by atoms with van der Waals surface area (Å²) in [5.41, 5.74) is 5.43. The summed E-state index contributed by atoms with van der Waals surface area (Å²) in [4.78, 5) is 19.9. The number of hydrogen-bond acceptors (Lipinski definition) is 6. The maximum atomic E-state index is 13.3. The number of carbonyl (C=O) groups is 1. The van der Waals surface area contributed by atoms with Crippen LogP contribution in [0.5, 0.6) is 0 Å². The van der Waals surface area contributed by atoms with Crippen molar-refractivity contribution < 1.29 is 4.79 Å². The van der Waals surface area contributed by atoms with Crippen molar-refractivity contribution in [2.24, 2.45) is 21.2 Å². The summed E-state index contributed by atoms with van der Waals surface area (Å²) in [7, 11) is 0. The zero-order chi connectivity index (χ0) is 24.1. The van der Waals surface area contributed by atoms with Crippen LogP contribution < -0.4 is 16.5 Å². The van der Waals surface area contributed by atoms with Gasteiger partial charge in [0.1, 0.15) is 12.0 Å². The molecule has 4 N–H and O–H groups in total. The molecule has 2 heterocycles. The minimum Gasteiger partial charge on any atom is -0.361 e. The summed E-state index contributed by atoms with van der Waals surface area (Å²) < 4.78 is 0. The van der Waals surface area contributed by atoms with Crippen LogP contribution in [0, 0.1) is 0 Å². The van der Waals surface area contributed by atoms with Crippen LogP contribution in [0.3, 0.4) is 0 Å². The van der Waals surface area contributed by atoms with E-state index in [9.17, 15) is 4.79 Å². The van der Waals surface area contributed by atoms with E-state index in [0.29, 0.717) is 23.6 Å². The number of nitrogens with two attached hydrogens (primary N) is 1. The van der Waals surface area contributed by atoms with Crippen molar-refractivity contribution in [1.82, 2.24) is 4.90 Å². The van der Waals surface area contributed by atoms with Gasteiger partial charge in [0.15, 0.2) is 0 Å². The lowest BCUT2D eigenvalue weighted by Gasteiger charge is -2.23. The molecule has 0 aliphatic carbocycles. The van der Waals surface area contributed by atoms with Gasteiger partial charge in [-0.25, -0.2) is 0 Å². The summed E-state index contributed by atoms with van der Waals surface area (Å²) in [5.74, 6) is 6.19. The highest BCUT2D eigenvalue weighted by Crippen LogP contribution is 2.31. The lowest BCUT2D eigenvalue weighted by Crippen LogP contribution is -2.34. The van der Waals surface area contributed by atoms with Crippen LogP contribution in [0.4, 0.5) is 11.4 Å². The SMILES string of the molecule is CCCN(CCC)C(=O)C1=Cc2ccc(C3=NCc4cc(Cl)ccc4N3)cc2NC(N=NN)C1. The van der Waals surface area contributed by atoms with Gasteiger partial charge in [0.2, 0.25) is 5.91 Å². The number of amides is 1. The van der Waals surface area contributed by atoms with Crippen LogP contribution in [0.2, 0.25) is 5.02 Å². The molecule has 2 aliphatic heterocycles. The second-order valence-corrected chi connectivity index (χ2v) is 8.89. The van der Waals surface area contributed by atoms with Crippen LogP contribution in [0.1, 0.15) is 49.8 Å². The highest BCUT2D eigenvalue weighted by Gasteiger charge is 2.25. The number of nitrogens with zero attached hydrogens (tertiary/aromatic N) is 4. The number of nitrogens with one attached hydrogen (secondary N) is 2. The number of hydrogen-bond donors (Lipinski definition) is 3. The van der Waals surface area contributed by atoms with E-state index >= 15 is 0 Å². The predicted octanol–water partition coefficient (Wildman–Crippen LogP) is 5.21. The first kappa shape index (κ1) is 23.8. The van der Waals surface area contributed by atoms with Gasteiger partial charge in [0.25, 0.3) is 0 Å². The summed E-state index contributed by atoms with van der Waals surface area (Å²) in [6, 6.07) is 11.8. The van der Waals surface area contributed by atoms with Crippen molar-refractivity contribution in [2.45, 2.75) is 45.8 Å². The van der Waals surface area contributed by atoms with Crippen LogP contribution in [-0.2, 0) is 11.3 Å². The number of carbonyl (C=O) groups excluding carboxylic acids is 1. The second kappa shape index (κ2) is 10.7. The predicted molar refractivity (Wildman–Crippen MR) is 138 cm³/mol. The van der Waals surface area contributed by atoms with Crippen molar-refractivity contribution in [3.8, 4) is 0 Å². The summed E-state index contributed by atoms with van der Waals surface area (Å²) in [6.07, 6.45) is 3.74. The number of benzene rings is 2. The molecule has 0 saturated heterocycles. The van der Waals surface area contributed by atoms with Gasteiger partial charge >= 0.3 is 0 Å². The summed E-state index contributed by atoms with van der Waals surface area (Å²) in [6.45, 7) is 6.16. The molecular weight excluding hydrogens is 450 g/mol. The number of amidine groups is 1. The monoisotopic (exact) mass is 479 g/mol. The molecule has 34 heavy (non-hydrogen) atoms. The molecule has 2 aromatic carbocycles. The van der Waals surface area contributed by atoms with E-state index in [1.807, 2.05) is 47.4 Å². The average molecular weight is 480 g/mol. The normalized spacial score (nSPS) is 17.0.